The molecule has 3 nitrogen and oxygen atoms in total. The second-order valence-electron chi connectivity index (χ2n) is 6.20. The number of halogens is 1. The van der Waals surface area contributed by atoms with Crippen molar-refractivity contribution in [3.8, 4) is 0 Å². The molecule has 2 aromatic carbocycles. The molecule has 1 fully saturated rings. The van der Waals surface area contributed by atoms with Crippen molar-refractivity contribution in [3.63, 3.8) is 0 Å². The second kappa shape index (κ2) is 7.41. The Morgan fingerprint density at radius 3 is 2.33 bits per heavy atom. The predicted molar refractivity (Wildman–Crippen MR) is 107 cm³/mol. The third-order valence-corrected chi connectivity index (χ3v) is 4.98. The summed E-state index contributed by atoms with van der Waals surface area (Å²) in [6.07, 6.45) is 0. The number of anilines is 2. The van der Waals surface area contributed by atoms with Gasteiger partial charge in [-0.3, -0.25) is 0 Å². The van der Waals surface area contributed by atoms with Gasteiger partial charge in [0.1, 0.15) is 0 Å². The zero-order valence-corrected chi connectivity index (χ0v) is 15.6. The van der Waals surface area contributed by atoms with Gasteiger partial charge < -0.3 is 15.1 Å². The average Bonchev–Trinajstić information content (AvgIpc) is 2.59. The average molecular weight is 360 g/mol. The summed E-state index contributed by atoms with van der Waals surface area (Å²) in [5.74, 6) is 0. The molecule has 1 aliphatic rings. The smallest absolute Gasteiger partial charge is 0.173 e. The molecule has 0 spiro atoms. The van der Waals surface area contributed by atoms with Crippen molar-refractivity contribution in [1.82, 2.24) is 4.90 Å². The minimum absolute atomic E-state index is 0.730. The number of piperazine rings is 1. The number of nitrogens with one attached hydrogen (secondary N) is 1. The third-order valence-electron chi connectivity index (χ3n) is 4.37. The molecule has 0 atom stereocenters. The molecular formula is C19H22ClN3S. The van der Waals surface area contributed by atoms with E-state index in [0.717, 1.165) is 42.0 Å². The van der Waals surface area contributed by atoms with E-state index in [1.54, 1.807) is 0 Å². The fourth-order valence-electron chi connectivity index (χ4n) is 2.95. The number of aryl methyl sites for hydroxylation is 2. The monoisotopic (exact) mass is 359 g/mol. The van der Waals surface area contributed by atoms with Crippen molar-refractivity contribution in [2.24, 2.45) is 0 Å². The number of thiocarbonyl (C=S) groups is 1. The van der Waals surface area contributed by atoms with Crippen molar-refractivity contribution >= 4 is 40.3 Å². The summed E-state index contributed by atoms with van der Waals surface area (Å²) in [6.45, 7) is 8.12. The molecule has 5 heteroatoms. The Balaban J connectivity index is 1.59. The maximum atomic E-state index is 5.92. The highest BCUT2D eigenvalue weighted by molar-refractivity contribution is 7.80. The van der Waals surface area contributed by atoms with Crippen molar-refractivity contribution in [2.75, 3.05) is 36.4 Å². The number of benzene rings is 2. The maximum absolute atomic E-state index is 5.92. The van der Waals surface area contributed by atoms with E-state index in [2.05, 4.69) is 47.2 Å². The van der Waals surface area contributed by atoms with Gasteiger partial charge in [0, 0.05) is 42.6 Å². The molecule has 0 aromatic heterocycles. The van der Waals surface area contributed by atoms with E-state index in [0.29, 0.717) is 0 Å². The van der Waals surface area contributed by atoms with E-state index in [1.165, 1.54) is 16.8 Å². The van der Waals surface area contributed by atoms with Gasteiger partial charge in [-0.05, 0) is 67.5 Å². The molecule has 1 N–H and O–H groups in total. The Morgan fingerprint density at radius 1 is 1.00 bits per heavy atom. The molecule has 24 heavy (non-hydrogen) atoms. The van der Waals surface area contributed by atoms with Crippen molar-refractivity contribution in [3.05, 3.63) is 58.6 Å². The van der Waals surface area contributed by atoms with Crippen LogP contribution in [0.2, 0.25) is 5.02 Å². The number of hydrogen-bond acceptors (Lipinski definition) is 2. The summed E-state index contributed by atoms with van der Waals surface area (Å²) in [6, 6.07) is 14.3. The van der Waals surface area contributed by atoms with Gasteiger partial charge in [-0.15, -0.1) is 0 Å². The van der Waals surface area contributed by atoms with Crippen LogP contribution >= 0.6 is 23.8 Å². The molecular weight excluding hydrogens is 338 g/mol. The van der Waals surface area contributed by atoms with Gasteiger partial charge in [0.05, 0.1) is 0 Å². The molecule has 0 saturated carbocycles. The number of nitrogens with zero attached hydrogens (tertiary/aromatic N) is 2. The minimum Gasteiger partial charge on any atom is -0.368 e. The van der Waals surface area contributed by atoms with Gasteiger partial charge in [-0.2, -0.15) is 0 Å². The van der Waals surface area contributed by atoms with Gasteiger partial charge >= 0.3 is 0 Å². The van der Waals surface area contributed by atoms with Gasteiger partial charge in [0.15, 0.2) is 5.11 Å². The topological polar surface area (TPSA) is 18.5 Å². The van der Waals surface area contributed by atoms with Crippen LogP contribution in [-0.2, 0) is 0 Å². The molecule has 0 aliphatic carbocycles. The van der Waals surface area contributed by atoms with Crippen molar-refractivity contribution in [2.45, 2.75) is 13.8 Å². The molecule has 2 aromatic rings. The van der Waals surface area contributed by atoms with E-state index in [-0.39, 0.29) is 0 Å². The molecule has 0 radical (unpaired) electrons. The van der Waals surface area contributed by atoms with Gasteiger partial charge in [0.2, 0.25) is 0 Å². The van der Waals surface area contributed by atoms with Crippen LogP contribution in [0, 0.1) is 13.8 Å². The van der Waals surface area contributed by atoms with Gasteiger partial charge in [-0.25, -0.2) is 0 Å². The Bertz CT molecular complexity index is 722. The lowest BCUT2D eigenvalue weighted by molar-refractivity contribution is 0.390. The summed E-state index contributed by atoms with van der Waals surface area (Å²) in [4.78, 5) is 4.68. The highest BCUT2D eigenvalue weighted by Crippen LogP contribution is 2.23. The summed E-state index contributed by atoms with van der Waals surface area (Å²) in [5, 5.41) is 4.80. The molecule has 126 valence electrons. The fraction of sp³-hybridized carbons (Fsp3) is 0.316. The van der Waals surface area contributed by atoms with Crippen LogP contribution in [0.5, 0.6) is 0 Å². The SMILES string of the molecule is Cc1ccc(C)c(N2CCN(C(=S)Nc3ccc(Cl)cc3)CC2)c1. The number of rotatable bonds is 2. The van der Waals surface area contributed by atoms with Crippen LogP contribution in [0.3, 0.4) is 0 Å². The Kier molecular flexibility index (Phi) is 5.27. The summed E-state index contributed by atoms with van der Waals surface area (Å²) in [5.41, 5.74) is 4.95. The van der Waals surface area contributed by atoms with E-state index < -0.39 is 0 Å². The summed E-state index contributed by atoms with van der Waals surface area (Å²) < 4.78 is 0. The zero-order valence-electron chi connectivity index (χ0n) is 14.1. The molecule has 1 aliphatic heterocycles. The molecule has 1 saturated heterocycles. The van der Waals surface area contributed by atoms with Crippen LogP contribution in [0.1, 0.15) is 11.1 Å². The van der Waals surface area contributed by atoms with E-state index >= 15 is 0 Å². The second-order valence-corrected chi connectivity index (χ2v) is 7.02. The zero-order chi connectivity index (χ0) is 17.1. The quantitative estimate of drug-likeness (QED) is 0.797. The van der Waals surface area contributed by atoms with Crippen LogP contribution in [-0.4, -0.2) is 36.2 Å². The first-order valence-electron chi connectivity index (χ1n) is 8.16. The van der Waals surface area contributed by atoms with Crippen molar-refractivity contribution < 1.29 is 0 Å². The van der Waals surface area contributed by atoms with Crippen molar-refractivity contribution in [1.29, 1.82) is 0 Å². The molecule has 0 bridgehead atoms. The lowest BCUT2D eigenvalue weighted by atomic mass is 10.1. The molecule has 0 unspecified atom stereocenters. The lowest BCUT2D eigenvalue weighted by Gasteiger charge is -2.38. The minimum atomic E-state index is 0.730. The maximum Gasteiger partial charge on any atom is 0.173 e. The molecule has 0 amide bonds. The Morgan fingerprint density at radius 2 is 1.67 bits per heavy atom. The van der Waals surface area contributed by atoms with E-state index in [4.69, 9.17) is 23.8 Å². The van der Waals surface area contributed by atoms with Gasteiger partial charge in [-0.1, -0.05) is 23.7 Å². The van der Waals surface area contributed by atoms with Crippen LogP contribution in [0.4, 0.5) is 11.4 Å². The first kappa shape index (κ1) is 17.1. The molecule has 3 rings (SSSR count). The Labute approximate surface area is 154 Å². The van der Waals surface area contributed by atoms with Gasteiger partial charge in [0.25, 0.3) is 0 Å². The van der Waals surface area contributed by atoms with Crippen LogP contribution in [0.25, 0.3) is 0 Å². The van der Waals surface area contributed by atoms with Crippen LogP contribution < -0.4 is 10.2 Å². The Hall–Kier alpha value is -1.78. The fourth-order valence-corrected chi connectivity index (χ4v) is 3.37. The largest absolute Gasteiger partial charge is 0.368 e. The summed E-state index contributed by atoms with van der Waals surface area (Å²) in [7, 11) is 0. The predicted octanol–water partition coefficient (Wildman–Crippen LogP) is 4.48. The standard InChI is InChI=1S/C19H22ClN3S/c1-14-3-4-15(2)18(13-14)22-9-11-23(12-10-22)19(24)21-17-7-5-16(20)6-8-17/h3-8,13H,9-12H2,1-2H3,(H,21,24). The number of hydrogen-bond donors (Lipinski definition) is 1. The van der Waals surface area contributed by atoms with E-state index in [9.17, 15) is 0 Å². The first-order valence-corrected chi connectivity index (χ1v) is 8.95. The summed E-state index contributed by atoms with van der Waals surface area (Å²) >= 11 is 11.5. The lowest BCUT2D eigenvalue weighted by Crippen LogP contribution is -2.50. The van der Waals surface area contributed by atoms with E-state index in [1.807, 2.05) is 24.3 Å². The molecule has 1 heterocycles. The highest BCUT2D eigenvalue weighted by Gasteiger charge is 2.20. The first-order chi connectivity index (χ1) is 11.5. The van der Waals surface area contributed by atoms with Crippen LogP contribution in [0.15, 0.2) is 42.5 Å². The third kappa shape index (κ3) is 4.00. The highest BCUT2D eigenvalue weighted by atomic mass is 35.5. The normalized spacial score (nSPS) is 14.6.